The van der Waals surface area contributed by atoms with Gasteiger partial charge in [-0.3, -0.25) is 0 Å². The van der Waals surface area contributed by atoms with Crippen LogP contribution >= 0.6 is 24.0 Å². The Morgan fingerprint density at radius 2 is 1.83 bits per heavy atom. The van der Waals surface area contributed by atoms with Gasteiger partial charge in [0.1, 0.15) is 0 Å². The molecule has 0 aromatic heterocycles. The Kier molecular flexibility index (Phi) is 6.45. The SMILES string of the molecule is CCc1ccccc1CN=C(N)Nc1ccc2c(c1)CCC2.I. The molecular formula is C19H24IN3. The fraction of sp³-hybridized carbons (Fsp3) is 0.316. The molecule has 0 unspecified atom stereocenters. The number of anilines is 1. The predicted octanol–water partition coefficient (Wildman–Crippen LogP) is 4.28. The summed E-state index contributed by atoms with van der Waals surface area (Å²) in [6.07, 6.45) is 4.65. The minimum atomic E-state index is 0. The zero-order valence-corrected chi connectivity index (χ0v) is 15.8. The Labute approximate surface area is 155 Å². The average molecular weight is 421 g/mol. The van der Waals surface area contributed by atoms with Crippen LogP contribution in [0.3, 0.4) is 0 Å². The van der Waals surface area contributed by atoms with Crippen LogP contribution in [0.5, 0.6) is 0 Å². The molecule has 0 radical (unpaired) electrons. The molecule has 2 aromatic rings. The second kappa shape index (κ2) is 8.34. The highest BCUT2D eigenvalue weighted by atomic mass is 127. The molecule has 0 saturated carbocycles. The lowest BCUT2D eigenvalue weighted by atomic mass is 10.1. The minimum Gasteiger partial charge on any atom is -0.370 e. The monoisotopic (exact) mass is 421 g/mol. The highest BCUT2D eigenvalue weighted by Gasteiger charge is 2.10. The lowest BCUT2D eigenvalue weighted by Gasteiger charge is -2.09. The van der Waals surface area contributed by atoms with Gasteiger partial charge in [-0.2, -0.15) is 0 Å². The molecule has 2 aromatic carbocycles. The summed E-state index contributed by atoms with van der Waals surface area (Å²) in [5.74, 6) is 0.476. The van der Waals surface area contributed by atoms with Crippen LogP contribution in [-0.4, -0.2) is 5.96 Å². The fourth-order valence-corrected chi connectivity index (χ4v) is 3.06. The van der Waals surface area contributed by atoms with Gasteiger partial charge in [0.05, 0.1) is 6.54 Å². The molecule has 0 atom stereocenters. The van der Waals surface area contributed by atoms with E-state index in [4.69, 9.17) is 5.73 Å². The summed E-state index contributed by atoms with van der Waals surface area (Å²) in [7, 11) is 0. The van der Waals surface area contributed by atoms with Gasteiger partial charge in [0, 0.05) is 5.69 Å². The van der Waals surface area contributed by atoms with Gasteiger partial charge in [-0.15, -0.1) is 24.0 Å². The number of hydrogen-bond donors (Lipinski definition) is 2. The van der Waals surface area contributed by atoms with Gasteiger partial charge in [0.15, 0.2) is 5.96 Å². The molecule has 3 rings (SSSR count). The minimum absolute atomic E-state index is 0. The van der Waals surface area contributed by atoms with Gasteiger partial charge in [-0.05, 0) is 60.1 Å². The van der Waals surface area contributed by atoms with Gasteiger partial charge in [0.25, 0.3) is 0 Å². The Morgan fingerprint density at radius 3 is 2.61 bits per heavy atom. The van der Waals surface area contributed by atoms with Crippen molar-refractivity contribution in [3.05, 3.63) is 64.7 Å². The lowest BCUT2D eigenvalue weighted by molar-refractivity contribution is 0.912. The molecule has 1 aliphatic rings. The van der Waals surface area contributed by atoms with E-state index in [1.165, 1.54) is 41.5 Å². The van der Waals surface area contributed by atoms with Gasteiger partial charge < -0.3 is 11.1 Å². The van der Waals surface area contributed by atoms with Crippen LogP contribution < -0.4 is 11.1 Å². The molecule has 0 amide bonds. The summed E-state index contributed by atoms with van der Waals surface area (Å²) in [6.45, 7) is 2.78. The molecule has 0 aliphatic heterocycles. The highest BCUT2D eigenvalue weighted by Crippen LogP contribution is 2.24. The second-order valence-corrected chi connectivity index (χ2v) is 5.79. The van der Waals surface area contributed by atoms with E-state index in [-0.39, 0.29) is 24.0 Å². The van der Waals surface area contributed by atoms with Crippen molar-refractivity contribution in [1.82, 2.24) is 0 Å². The number of fused-ring (bicyclic) bond motifs is 1. The number of benzene rings is 2. The van der Waals surface area contributed by atoms with Crippen molar-refractivity contribution in [2.75, 3.05) is 5.32 Å². The number of aliphatic imine (C=N–C) groups is 1. The van der Waals surface area contributed by atoms with Crippen LogP contribution in [0.15, 0.2) is 47.5 Å². The van der Waals surface area contributed by atoms with Crippen molar-refractivity contribution in [2.24, 2.45) is 10.7 Å². The molecule has 0 heterocycles. The first-order valence-corrected chi connectivity index (χ1v) is 8.02. The third-order valence-corrected chi connectivity index (χ3v) is 4.29. The number of hydrogen-bond acceptors (Lipinski definition) is 1. The molecule has 0 fully saturated rings. The quantitative estimate of drug-likeness (QED) is 0.440. The number of nitrogens with one attached hydrogen (secondary N) is 1. The van der Waals surface area contributed by atoms with Crippen LogP contribution in [0, 0.1) is 0 Å². The molecule has 3 N–H and O–H groups in total. The van der Waals surface area contributed by atoms with Gasteiger partial charge >= 0.3 is 0 Å². The summed E-state index contributed by atoms with van der Waals surface area (Å²) >= 11 is 0. The molecule has 4 heteroatoms. The van der Waals surface area contributed by atoms with Crippen molar-refractivity contribution in [3.8, 4) is 0 Å². The first-order valence-electron chi connectivity index (χ1n) is 8.02. The lowest BCUT2D eigenvalue weighted by Crippen LogP contribution is -2.22. The largest absolute Gasteiger partial charge is 0.370 e. The highest BCUT2D eigenvalue weighted by molar-refractivity contribution is 14.0. The maximum atomic E-state index is 6.03. The van der Waals surface area contributed by atoms with E-state index in [1.807, 2.05) is 6.07 Å². The second-order valence-electron chi connectivity index (χ2n) is 5.79. The summed E-state index contributed by atoms with van der Waals surface area (Å²) in [5, 5.41) is 3.21. The van der Waals surface area contributed by atoms with Gasteiger partial charge in [-0.25, -0.2) is 4.99 Å². The van der Waals surface area contributed by atoms with E-state index in [2.05, 4.69) is 53.6 Å². The van der Waals surface area contributed by atoms with Crippen LogP contribution in [0.4, 0.5) is 5.69 Å². The van der Waals surface area contributed by atoms with Crippen LogP contribution in [0.1, 0.15) is 35.6 Å². The first-order chi connectivity index (χ1) is 10.8. The van der Waals surface area contributed by atoms with Crippen LogP contribution in [-0.2, 0) is 25.8 Å². The van der Waals surface area contributed by atoms with Crippen LogP contribution in [0.2, 0.25) is 0 Å². The summed E-state index contributed by atoms with van der Waals surface area (Å²) < 4.78 is 0. The summed E-state index contributed by atoms with van der Waals surface area (Å²) in [6, 6.07) is 14.9. The van der Waals surface area contributed by atoms with Gasteiger partial charge in [0.2, 0.25) is 0 Å². The molecule has 0 bridgehead atoms. The van der Waals surface area contributed by atoms with E-state index < -0.39 is 0 Å². The maximum absolute atomic E-state index is 6.03. The van der Waals surface area contributed by atoms with E-state index >= 15 is 0 Å². The predicted molar refractivity (Wildman–Crippen MR) is 109 cm³/mol. The third kappa shape index (κ3) is 4.47. The normalized spacial score (nSPS) is 13.3. The number of aryl methyl sites for hydroxylation is 3. The molecule has 122 valence electrons. The van der Waals surface area contributed by atoms with Crippen molar-refractivity contribution >= 4 is 35.6 Å². The van der Waals surface area contributed by atoms with Crippen molar-refractivity contribution in [1.29, 1.82) is 0 Å². The Balaban J connectivity index is 0.00000192. The summed E-state index contributed by atoms with van der Waals surface area (Å²) in [5.41, 5.74) is 12.5. The summed E-state index contributed by atoms with van der Waals surface area (Å²) in [4.78, 5) is 4.48. The smallest absolute Gasteiger partial charge is 0.193 e. The number of nitrogens with two attached hydrogens (primary N) is 1. The first kappa shape index (κ1) is 17.8. The molecule has 3 nitrogen and oxygen atoms in total. The standard InChI is InChI=1S/C19H23N3.HI/c1-2-14-6-3-4-7-17(14)13-21-19(20)22-18-11-10-15-8-5-9-16(15)12-18;/h3-4,6-7,10-12H,2,5,8-9,13H2,1H3,(H3,20,21,22);1H. The van der Waals surface area contributed by atoms with E-state index in [9.17, 15) is 0 Å². The van der Waals surface area contributed by atoms with Crippen molar-refractivity contribution in [3.63, 3.8) is 0 Å². The zero-order chi connectivity index (χ0) is 15.4. The van der Waals surface area contributed by atoms with Crippen molar-refractivity contribution in [2.45, 2.75) is 39.2 Å². The number of guanidine groups is 1. The number of nitrogens with zero attached hydrogens (tertiary/aromatic N) is 1. The van der Waals surface area contributed by atoms with Crippen molar-refractivity contribution < 1.29 is 0 Å². The molecular weight excluding hydrogens is 397 g/mol. The topological polar surface area (TPSA) is 50.4 Å². The van der Waals surface area contributed by atoms with Crippen LogP contribution in [0.25, 0.3) is 0 Å². The number of rotatable bonds is 4. The molecule has 0 spiro atoms. The third-order valence-electron chi connectivity index (χ3n) is 4.29. The fourth-order valence-electron chi connectivity index (χ4n) is 3.06. The maximum Gasteiger partial charge on any atom is 0.193 e. The molecule has 1 aliphatic carbocycles. The van der Waals surface area contributed by atoms with Gasteiger partial charge in [-0.1, -0.05) is 37.3 Å². The van der Waals surface area contributed by atoms with E-state index in [0.717, 1.165) is 12.1 Å². The number of halogens is 1. The Hall–Kier alpha value is -1.56. The Morgan fingerprint density at radius 1 is 1.09 bits per heavy atom. The molecule has 23 heavy (non-hydrogen) atoms. The Bertz CT molecular complexity index is 695. The van der Waals surface area contributed by atoms with E-state index in [0.29, 0.717) is 12.5 Å². The average Bonchev–Trinajstić information content (AvgIpc) is 3.01. The molecule has 0 saturated heterocycles. The van der Waals surface area contributed by atoms with E-state index in [1.54, 1.807) is 0 Å². The zero-order valence-electron chi connectivity index (χ0n) is 13.5.